The van der Waals surface area contributed by atoms with Crippen molar-refractivity contribution in [3.05, 3.63) is 0 Å². The highest BCUT2D eigenvalue weighted by atomic mass is 16.6. The van der Waals surface area contributed by atoms with Crippen molar-refractivity contribution in [1.29, 1.82) is 0 Å². The van der Waals surface area contributed by atoms with Crippen LogP contribution in [0.3, 0.4) is 0 Å². The lowest BCUT2D eigenvalue weighted by atomic mass is 9.92. The summed E-state index contributed by atoms with van der Waals surface area (Å²) in [6.07, 6.45) is 6.33. The largest absolute Gasteiger partial charge is 0.503 e. The zero-order valence-electron chi connectivity index (χ0n) is 16.7. The predicted octanol–water partition coefficient (Wildman–Crippen LogP) is 3.69. The van der Waals surface area contributed by atoms with Crippen molar-refractivity contribution in [2.75, 3.05) is 13.1 Å². The van der Waals surface area contributed by atoms with Gasteiger partial charge in [0.2, 0.25) is 5.91 Å². The number of piperidine rings is 1. The molecule has 2 fully saturated rings. The van der Waals surface area contributed by atoms with Gasteiger partial charge in [-0.2, -0.15) is 0 Å². The zero-order chi connectivity index (χ0) is 20.4. The number of amides is 2. The van der Waals surface area contributed by atoms with Gasteiger partial charge in [-0.05, 0) is 52.4 Å². The van der Waals surface area contributed by atoms with Gasteiger partial charge in [-0.15, -0.1) is 0 Å². The molecule has 0 radical (unpaired) electrons. The predicted molar refractivity (Wildman–Crippen MR) is 101 cm³/mol. The maximum atomic E-state index is 12.2. The number of nitrogens with zero attached hydrogens (tertiary/aromatic N) is 1. The van der Waals surface area contributed by atoms with Crippen LogP contribution in [0.5, 0.6) is 0 Å². The average molecular weight is 386 g/mol. The molecule has 0 spiro atoms. The molecule has 8 nitrogen and oxygen atoms in total. The summed E-state index contributed by atoms with van der Waals surface area (Å²) in [7, 11) is 0. The number of carbonyl (C=O) groups is 3. The third kappa shape index (κ3) is 10.7. The number of ether oxygens (including phenoxy) is 1. The molecular formula is C19H34N2O6. The Kier molecular flexibility index (Phi) is 9.38. The fourth-order valence-electron chi connectivity index (χ4n) is 3.44. The van der Waals surface area contributed by atoms with Crippen LogP contribution in [0.25, 0.3) is 0 Å². The third-order valence-electron chi connectivity index (χ3n) is 4.71. The molecule has 1 aliphatic heterocycles. The van der Waals surface area contributed by atoms with Crippen LogP contribution in [-0.4, -0.2) is 58.0 Å². The van der Waals surface area contributed by atoms with Crippen molar-refractivity contribution in [2.24, 2.45) is 5.92 Å². The van der Waals surface area contributed by atoms with Crippen LogP contribution in [0, 0.1) is 5.92 Å². The maximum absolute atomic E-state index is 12.2. The normalized spacial score (nSPS) is 18.9. The maximum Gasteiger partial charge on any atom is 0.503 e. The van der Waals surface area contributed by atoms with Crippen molar-refractivity contribution in [2.45, 2.75) is 83.8 Å². The minimum absolute atomic E-state index is 0.188. The fraction of sp³-hybridized carbons (Fsp3) is 0.842. The van der Waals surface area contributed by atoms with Gasteiger partial charge in [0, 0.05) is 25.6 Å². The highest BCUT2D eigenvalue weighted by molar-refractivity contribution is 5.76. The van der Waals surface area contributed by atoms with E-state index in [-0.39, 0.29) is 12.0 Å². The molecule has 2 aliphatic rings. The van der Waals surface area contributed by atoms with E-state index in [4.69, 9.17) is 19.7 Å². The van der Waals surface area contributed by atoms with Crippen LogP contribution in [0.2, 0.25) is 0 Å². The summed E-state index contributed by atoms with van der Waals surface area (Å²) in [6.45, 7) is 7.03. The number of carboxylic acid groups (broad SMARTS) is 2. The van der Waals surface area contributed by atoms with E-state index in [2.05, 4.69) is 5.32 Å². The van der Waals surface area contributed by atoms with Gasteiger partial charge in [0.05, 0.1) is 0 Å². The van der Waals surface area contributed by atoms with E-state index in [0.29, 0.717) is 31.5 Å². The van der Waals surface area contributed by atoms with Crippen LogP contribution in [-0.2, 0) is 9.53 Å². The number of hydrogen-bond donors (Lipinski definition) is 3. The van der Waals surface area contributed by atoms with Crippen molar-refractivity contribution in [3.8, 4) is 0 Å². The summed E-state index contributed by atoms with van der Waals surface area (Å²) in [5, 5.41) is 17.1. The smallest absolute Gasteiger partial charge is 0.450 e. The van der Waals surface area contributed by atoms with E-state index < -0.39 is 11.8 Å². The highest BCUT2D eigenvalue weighted by Crippen LogP contribution is 2.23. The van der Waals surface area contributed by atoms with Crippen molar-refractivity contribution >= 4 is 18.2 Å². The van der Waals surface area contributed by atoms with Crippen molar-refractivity contribution < 1.29 is 29.3 Å². The van der Waals surface area contributed by atoms with Gasteiger partial charge in [0.1, 0.15) is 5.60 Å². The lowest BCUT2D eigenvalue weighted by Crippen LogP contribution is -2.43. The number of hydrogen-bond acceptors (Lipinski definition) is 4. The Bertz CT molecular complexity index is 485. The Morgan fingerprint density at radius 3 is 2.00 bits per heavy atom. The molecule has 3 N–H and O–H groups in total. The van der Waals surface area contributed by atoms with Gasteiger partial charge in [0.15, 0.2) is 0 Å². The molecule has 0 bridgehead atoms. The van der Waals surface area contributed by atoms with Gasteiger partial charge in [-0.25, -0.2) is 9.59 Å². The molecule has 27 heavy (non-hydrogen) atoms. The van der Waals surface area contributed by atoms with Gasteiger partial charge in [-0.3, -0.25) is 4.79 Å². The number of nitrogens with one attached hydrogen (secondary N) is 1. The first-order chi connectivity index (χ1) is 12.6. The Morgan fingerprint density at radius 2 is 1.52 bits per heavy atom. The first kappa shape index (κ1) is 23.0. The minimum Gasteiger partial charge on any atom is -0.450 e. The Balaban J connectivity index is 0.000000828. The first-order valence-corrected chi connectivity index (χ1v) is 9.76. The van der Waals surface area contributed by atoms with Gasteiger partial charge >= 0.3 is 12.2 Å². The van der Waals surface area contributed by atoms with Crippen LogP contribution in [0.1, 0.15) is 72.1 Å². The van der Waals surface area contributed by atoms with Crippen LogP contribution < -0.4 is 5.32 Å². The monoisotopic (exact) mass is 386 g/mol. The molecule has 156 valence electrons. The van der Waals surface area contributed by atoms with E-state index in [9.17, 15) is 9.59 Å². The Labute approximate surface area is 161 Å². The molecule has 0 aromatic heterocycles. The summed E-state index contributed by atoms with van der Waals surface area (Å²) < 4.78 is 5.40. The van der Waals surface area contributed by atoms with Crippen LogP contribution in [0.4, 0.5) is 9.59 Å². The topological polar surface area (TPSA) is 116 Å². The number of rotatable bonds is 3. The molecule has 1 aliphatic carbocycles. The third-order valence-corrected chi connectivity index (χ3v) is 4.71. The quantitative estimate of drug-likeness (QED) is 0.681. The molecular weight excluding hydrogens is 352 g/mol. The van der Waals surface area contributed by atoms with E-state index >= 15 is 0 Å². The summed E-state index contributed by atoms with van der Waals surface area (Å²) in [5.74, 6) is 0.574. The lowest BCUT2D eigenvalue weighted by Gasteiger charge is -2.33. The van der Waals surface area contributed by atoms with Crippen molar-refractivity contribution in [3.63, 3.8) is 0 Å². The van der Waals surface area contributed by atoms with E-state index in [0.717, 1.165) is 25.7 Å². The summed E-state index contributed by atoms with van der Waals surface area (Å²) in [5.41, 5.74) is -0.451. The summed E-state index contributed by atoms with van der Waals surface area (Å²) in [4.78, 5) is 34.5. The number of likely N-dealkylation sites (tertiary alicyclic amines) is 1. The standard InChI is InChI=1S/C18H32N2O3.CH2O3/c1-18(2,3)23-17(22)20-11-9-14(10-12-20)13-16(21)19-15-7-5-4-6-8-15;2-1(3)4/h14-15H,4-13H2,1-3H3,(H,19,21);(H2,2,3,4). The SMILES string of the molecule is CC(C)(C)OC(=O)N1CCC(CC(=O)NC2CCCCC2)CC1.O=C(O)O. The molecule has 0 aromatic rings. The molecule has 2 amide bonds. The molecule has 1 saturated heterocycles. The number of carbonyl (C=O) groups excluding carboxylic acids is 2. The van der Waals surface area contributed by atoms with E-state index in [1.807, 2.05) is 20.8 Å². The van der Waals surface area contributed by atoms with Crippen molar-refractivity contribution in [1.82, 2.24) is 10.2 Å². The van der Waals surface area contributed by atoms with Gasteiger partial charge < -0.3 is 25.2 Å². The molecule has 8 heteroatoms. The zero-order valence-corrected chi connectivity index (χ0v) is 16.7. The summed E-state index contributed by atoms with van der Waals surface area (Å²) >= 11 is 0. The second-order valence-corrected chi connectivity index (χ2v) is 8.30. The Morgan fingerprint density at radius 1 is 1.00 bits per heavy atom. The van der Waals surface area contributed by atoms with E-state index in [1.54, 1.807) is 4.90 Å². The van der Waals surface area contributed by atoms with Crippen LogP contribution >= 0.6 is 0 Å². The second kappa shape index (κ2) is 11.0. The van der Waals surface area contributed by atoms with Gasteiger partial charge in [-0.1, -0.05) is 19.3 Å². The highest BCUT2D eigenvalue weighted by Gasteiger charge is 2.28. The molecule has 2 rings (SSSR count). The molecule has 1 saturated carbocycles. The van der Waals surface area contributed by atoms with Crippen LogP contribution in [0.15, 0.2) is 0 Å². The molecule has 0 atom stereocenters. The fourth-order valence-corrected chi connectivity index (χ4v) is 3.44. The molecule has 0 unspecified atom stereocenters. The summed E-state index contributed by atoms with van der Waals surface area (Å²) in [6, 6.07) is 0.387. The average Bonchev–Trinajstić information content (AvgIpc) is 2.54. The first-order valence-electron chi connectivity index (χ1n) is 9.76. The van der Waals surface area contributed by atoms with Gasteiger partial charge in [0.25, 0.3) is 0 Å². The molecule has 1 heterocycles. The lowest BCUT2D eigenvalue weighted by molar-refractivity contribution is -0.123. The second-order valence-electron chi connectivity index (χ2n) is 8.30. The molecule has 0 aromatic carbocycles. The van der Waals surface area contributed by atoms with E-state index in [1.165, 1.54) is 19.3 Å². The minimum atomic E-state index is -1.83. The Hall–Kier alpha value is -1.99.